The molecule has 0 aliphatic rings. The Morgan fingerprint density at radius 2 is 2.10 bits per heavy atom. The third-order valence-corrected chi connectivity index (χ3v) is 3.46. The summed E-state index contributed by atoms with van der Waals surface area (Å²) in [6, 6.07) is 5.97. The molecule has 0 atom stereocenters. The summed E-state index contributed by atoms with van der Waals surface area (Å²) < 4.78 is 0. The van der Waals surface area contributed by atoms with Crippen molar-refractivity contribution in [3.8, 4) is 0 Å². The first-order valence-electron chi connectivity index (χ1n) is 6.63. The monoisotopic (exact) mass is 272 g/mol. The molecule has 1 heterocycles. The lowest BCUT2D eigenvalue weighted by Gasteiger charge is -2.19. The van der Waals surface area contributed by atoms with E-state index in [9.17, 15) is 4.79 Å². The van der Waals surface area contributed by atoms with Crippen LogP contribution in [0.4, 0.5) is 11.4 Å². The lowest BCUT2D eigenvalue weighted by Crippen LogP contribution is -2.28. The van der Waals surface area contributed by atoms with Crippen molar-refractivity contribution in [2.45, 2.75) is 27.2 Å². The minimum absolute atomic E-state index is 0.203. The number of nitrogens with zero attached hydrogens (tertiary/aromatic N) is 2. The average Bonchev–Trinajstić information content (AvgIpc) is 2.78. The van der Waals surface area contributed by atoms with Crippen LogP contribution in [0.15, 0.2) is 18.2 Å². The van der Waals surface area contributed by atoms with E-state index in [0.29, 0.717) is 5.69 Å². The fourth-order valence-corrected chi connectivity index (χ4v) is 2.27. The fraction of sp³-hybridized carbons (Fsp3) is 0.333. The summed E-state index contributed by atoms with van der Waals surface area (Å²) in [5.74, 6) is -0.203. The van der Waals surface area contributed by atoms with E-state index in [0.717, 1.165) is 23.4 Å². The number of carbonyl (C=O) groups is 1. The molecule has 2 aromatic rings. The van der Waals surface area contributed by atoms with Gasteiger partial charge in [-0.05, 0) is 31.9 Å². The molecule has 1 aromatic carbocycles. The number of aromatic amines is 1. The number of hydrogen-bond acceptors (Lipinski definition) is 3. The Morgan fingerprint density at radius 1 is 1.40 bits per heavy atom. The number of nitrogens with one attached hydrogen (secondary N) is 1. The second-order valence-corrected chi connectivity index (χ2v) is 4.97. The Bertz CT molecular complexity index is 645. The second kappa shape index (κ2) is 5.36. The Balaban J connectivity index is 2.34. The number of benzene rings is 1. The first kappa shape index (κ1) is 14.1. The molecule has 0 bridgehead atoms. The summed E-state index contributed by atoms with van der Waals surface area (Å²) in [4.78, 5) is 14.1. The summed E-state index contributed by atoms with van der Waals surface area (Å²) in [6.07, 6.45) is 0.722. The van der Waals surface area contributed by atoms with E-state index in [2.05, 4.69) is 10.2 Å². The lowest BCUT2D eigenvalue weighted by atomic mass is 10.1. The normalized spacial score (nSPS) is 10.6. The number of amides is 1. The first-order chi connectivity index (χ1) is 9.45. The summed E-state index contributed by atoms with van der Waals surface area (Å²) in [6.45, 7) is 5.97. The molecule has 1 amide bonds. The van der Waals surface area contributed by atoms with E-state index >= 15 is 0 Å². The van der Waals surface area contributed by atoms with Gasteiger partial charge in [0.1, 0.15) is 0 Å². The van der Waals surface area contributed by atoms with Crippen molar-refractivity contribution < 1.29 is 4.79 Å². The van der Waals surface area contributed by atoms with E-state index in [-0.39, 0.29) is 11.6 Å². The molecule has 5 nitrogen and oxygen atoms in total. The molecule has 0 radical (unpaired) electrons. The van der Waals surface area contributed by atoms with Gasteiger partial charge in [0.15, 0.2) is 5.69 Å². The number of anilines is 2. The summed E-state index contributed by atoms with van der Waals surface area (Å²) >= 11 is 0. The molecule has 0 aliphatic carbocycles. The van der Waals surface area contributed by atoms with Gasteiger partial charge in [-0.15, -0.1) is 0 Å². The van der Waals surface area contributed by atoms with Crippen molar-refractivity contribution in [3.05, 3.63) is 40.7 Å². The van der Waals surface area contributed by atoms with Gasteiger partial charge in [0.05, 0.1) is 11.4 Å². The smallest absolute Gasteiger partial charge is 0.280 e. The Hall–Kier alpha value is -2.30. The Morgan fingerprint density at radius 3 is 2.65 bits per heavy atom. The van der Waals surface area contributed by atoms with Crippen LogP contribution < -0.4 is 10.6 Å². The van der Waals surface area contributed by atoms with Crippen molar-refractivity contribution in [2.75, 3.05) is 17.7 Å². The molecule has 5 heteroatoms. The maximum atomic E-state index is 12.5. The minimum Gasteiger partial charge on any atom is -0.395 e. The molecule has 1 aromatic heterocycles. The minimum atomic E-state index is -0.203. The molecule has 0 aliphatic heterocycles. The molecule has 2 rings (SSSR count). The number of rotatable bonds is 3. The largest absolute Gasteiger partial charge is 0.395 e. The van der Waals surface area contributed by atoms with Gasteiger partial charge < -0.3 is 10.6 Å². The SMILES string of the molecule is CCc1[nH]nc(C(=O)N(C)c2ccc(C)cc2C)c1N. The van der Waals surface area contributed by atoms with Crippen LogP contribution in [0.25, 0.3) is 0 Å². The van der Waals surface area contributed by atoms with Crippen LogP contribution in [0.5, 0.6) is 0 Å². The van der Waals surface area contributed by atoms with Gasteiger partial charge in [0.25, 0.3) is 5.91 Å². The summed E-state index contributed by atoms with van der Waals surface area (Å²) in [7, 11) is 1.74. The predicted molar refractivity (Wildman–Crippen MR) is 81.0 cm³/mol. The second-order valence-electron chi connectivity index (χ2n) is 4.97. The molecule has 20 heavy (non-hydrogen) atoms. The number of carbonyl (C=O) groups excluding carboxylic acids is 1. The van der Waals surface area contributed by atoms with Gasteiger partial charge in [0, 0.05) is 12.7 Å². The average molecular weight is 272 g/mol. The van der Waals surface area contributed by atoms with Crippen LogP contribution in [-0.2, 0) is 6.42 Å². The third-order valence-electron chi connectivity index (χ3n) is 3.46. The van der Waals surface area contributed by atoms with Crippen molar-refractivity contribution in [3.63, 3.8) is 0 Å². The maximum absolute atomic E-state index is 12.5. The fourth-order valence-electron chi connectivity index (χ4n) is 2.27. The van der Waals surface area contributed by atoms with Crippen LogP contribution in [-0.4, -0.2) is 23.2 Å². The van der Waals surface area contributed by atoms with Crippen LogP contribution >= 0.6 is 0 Å². The molecule has 0 saturated carbocycles. The quantitative estimate of drug-likeness (QED) is 0.901. The molecule has 0 spiro atoms. The van der Waals surface area contributed by atoms with Gasteiger partial charge in [-0.2, -0.15) is 5.10 Å². The van der Waals surface area contributed by atoms with Gasteiger partial charge in [-0.25, -0.2) is 0 Å². The van der Waals surface area contributed by atoms with Crippen LogP contribution in [0, 0.1) is 13.8 Å². The first-order valence-corrected chi connectivity index (χ1v) is 6.63. The van der Waals surface area contributed by atoms with E-state index < -0.39 is 0 Å². The molecule has 106 valence electrons. The molecule has 0 unspecified atom stereocenters. The maximum Gasteiger partial charge on any atom is 0.280 e. The van der Waals surface area contributed by atoms with E-state index in [1.807, 2.05) is 39.0 Å². The van der Waals surface area contributed by atoms with Gasteiger partial charge in [-0.3, -0.25) is 9.89 Å². The zero-order valence-electron chi connectivity index (χ0n) is 12.3. The molecular formula is C15H20N4O. The van der Waals surface area contributed by atoms with E-state index in [1.165, 1.54) is 5.56 Å². The topological polar surface area (TPSA) is 75.0 Å². The highest BCUT2D eigenvalue weighted by molar-refractivity contribution is 6.08. The van der Waals surface area contributed by atoms with Crippen molar-refractivity contribution in [1.29, 1.82) is 0 Å². The summed E-state index contributed by atoms with van der Waals surface area (Å²) in [5.41, 5.74) is 10.5. The van der Waals surface area contributed by atoms with Gasteiger partial charge >= 0.3 is 0 Å². The number of aryl methyl sites for hydroxylation is 3. The van der Waals surface area contributed by atoms with Gasteiger partial charge in [-0.1, -0.05) is 24.6 Å². The number of nitrogens with two attached hydrogens (primary N) is 1. The highest BCUT2D eigenvalue weighted by Gasteiger charge is 2.21. The zero-order valence-corrected chi connectivity index (χ0v) is 12.3. The molecule has 0 fully saturated rings. The van der Waals surface area contributed by atoms with Crippen LogP contribution in [0.3, 0.4) is 0 Å². The van der Waals surface area contributed by atoms with Crippen LogP contribution in [0.1, 0.15) is 34.2 Å². The van der Waals surface area contributed by atoms with Crippen LogP contribution in [0.2, 0.25) is 0 Å². The Labute approximate surface area is 118 Å². The highest BCUT2D eigenvalue weighted by atomic mass is 16.2. The van der Waals surface area contributed by atoms with Crippen molar-refractivity contribution >= 4 is 17.3 Å². The molecule has 3 N–H and O–H groups in total. The number of hydrogen-bond donors (Lipinski definition) is 2. The number of H-pyrrole nitrogens is 1. The van der Waals surface area contributed by atoms with Gasteiger partial charge in [0.2, 0.25) is 0 Å². The lowest BCUT2D eigenvalue weighted by molar-refractivity contribution is 0.0989. The third kappa shape index (κ3) is 2.39. The van der Waals surface area contributed by atoms with E-state index in [4.69, 9.17) is 5.73 Å². The van der Waals surface area contributed by atoms with Crippen molar-refractivity contribution in [1.82, 2.24) is 10.2 Å². The zero-order chi connectivity index (χ0) is 14.9. The number of aromatic nitrogens is 2. The van der Waals surface area contributed by atoms with E-state index in [1.54, 1.807) is 11.9 Å². The molecular weight excluding hydrogens is 252 g/mol. The standard InChI is InChI=1S/C15H20N4O/c1-5-11-13(16)14(18-17-11)15(20)19(4)12-7-6-9(2)8-10(12)3/h6-8H,5,16H2,1-4H3,(H,17,18). The predicted octanol–water partition coefficient (Wildman–Crippen LogP) is 2.45. The number of nitrogen functional groups attached to an aromatic ring is 1. The highest BCUT2D eigenvalue weighted by Crippen LogP contribution is 2.23. The Kier molecular flexibility index (Phi) is 3.79. The van der Waals surface area contributed by atoms with Crippen molar-refractivity contribution in [2.24, 2.45) is 0 Å². The molecule has 0 saturated heterocycles. The summed E-state index contributed by atoms with van der Waals surface area (Å²) in [5, 5.41) is 6.85.